The van der Waals surface area contributed by atoms with Gasteiger partial charge in [0.15, 0.2) is 33.0 Å². The summed E-state index contributed by atoms with van der Waals surface area (Å²) in [7, 11) is 0.938. The van der Waals surface area contributed by atoms with Gasteiger partial charge < -0.3 is 14.6 Å². The van der Waals surface area contributed by atoms with E-state index in [-0.39, 0.29) is 39.7 Å². The largest absolute Gasteiger partial charge is 0.508 e. The Balaban J connectivity index is 1.40. The lowest BCUT2D eigenvalue weighted by molar-refractivity contribution is -0.138. The number of imide groups is 4. The molecule has 0 bridgehead atoms. The Morgan fingerprint density at radius 1 is 0.885 bits per heavy atom. The van der Waals surface area contributed by atoms with E-state index in [0.29, 0.717) is 0 Å². The standard InChI is InChI=1S/C35H23Cl2F5N2O8/c1-51-33(50)44-29(46)18-10-9-16-19(21(18)30(44)47)12-34(36)31(48)43(28-26(41)24(39)23(38)25(40)27(28)42)32(49)35(34,37)22(16)17-8-7-15(11-20(17)45)52-13-14-5-3-2-4-6-14/h2-9,11,18-19,21-22,45H,10,12-13H2,1H3/t18-,19+,21-,22+,34+,35-/m0/s1. The van der Waals surface area contributed by atoms with E-state index in [1.165, 1.54) is 18.2 Å². The molecule has 7 rings (SSSR count). The number of rotatable bonds is 5. The van der Waals surface area contributed by atoms with Crippen LogP contribution in [0.5, 0.6) is 11.5 Å². The van der Waals surface area contributed by atoms with Gasteiger partial charge in [-0.15, -0.1) is 23.2 Å². The summed E-state index contributed by atoms with van der Waals surface area (Å²) in [5.41, 5.74) is -1.29. The summed E-state index contributed by atoms with van der Waals surface area (Å²) in [6.07, 6.45) is -0.874. The van der Waals surface area contributed by atoms with Crippen molar-refractivity contribution >= 4 is 58.6 Å². The predicted molar refractivity (Wildman–Crippen MR) is 170 cm³/mol. The third-order valence-corrected chi connectivity index (χ3v) is 11.6. The van der Waals surface area contributed by atoms with E-state index in [1.54, 1.807) is 30.3 Å². The summed E-state index contributed by atoms with van der Waals surface area (Å²) in [6, 6.07) is 12.7. The maximum absolute atomic E-state index is 15.2. The quantitative estimate of drug-likeness (QED) is 0.0837. The van der Waals surface area contributed by atoms with Gasteiger partial charge in [-0.25, -0.2) is 31.6 Å². The van der Waals surface area contributed by atoms with Crippen molar-refractivity contribution in [2.45, 2.75) is 35.1 Å². The van der Waals surface area contributed by atoms with Gasteiger partial charge in [0.05, 0.1) is 18.9 Å². The number of amides is 5. The Hall–Kier alpha value is -5.02. The van der Waals surface area contributed by atoms with Crippen molar-refractivity contribution < 1.29 is 60.5 Å². The number of allylic oxidation sites excluding steroid dienone is 2. The van der Waals surface area contributed by atoms with E-state index in [9.17, 15) is 42.3 Å². The molecule has 10 nitrogen and oxygen atoms in total. The lowest BCUT2D eigenvalue weighted by atomic mass is 9.56. The number of alkyl halides is 2. The Morgan fingerprint density at radius 3 is 2.13 bits per heavy atom. The molecular weight excluding hydrogens is 742 g/mol. The molecule has 1 saturated carbocycles. The first kappa shape index (κ1) is 35.4. The second-order valence-corrected chi connectivity index (χ2v) is 13.9. The number of anilines is 1. The van der Waals surface area contributed by atoms with E-state index in [1.807, 2.05) is 0 Å². The highest BCUT2D eigenvalue weighted by Gasteiger charge is 2.77. The third kappa shape index (κ3) is 4.71. The van der Waals surface area contributed by atoms with Crippen molar-refractivity contribution in [1.82, 2.24) is 4.90 Å². The van der Waals surface area contributed by atoms with E-state index < -0.39 is 110 Å². The van der Waals surface area contributed by atoms with Gasteiger partial charge in [0.1, 0.15) is 23.8 Å². The van der Waals surface area contributed by atoms with E-state index >= 15 is 8.78 Å². The molecule has 0 unspecified atom stereocenters. The number of carbonyl (C=O) groups is 5. The van der Waals surface area contributed by atoms with Crippen molar-refractivity contribution in [2.24, 2.45) is 17.8 Å². The first-order valence-electron chi connectivity index (χ1n) is 15.5. The fourth-order valence-electron chi connectivity index (χ4n) is 7.78. The minimum atomic E-state index is -2.85. The first-order valence-corrected chi connectivity index (χ1v) is 16.3. The first-order chi connectivity index (χ1) is 24.6. The minimum Gasteiger partial charge on any atom is -0.508 e. The number of carbonyl (C=O) groups excluding carboxylic acids is 5. The summed E-state index contributed by atoms with van der Waals surface area (Å²) in [4.78, 5) is 62.4. The number of benzene rings is 3. The molecular formula is C35H23Cl2F5N2O8. The van der Waals surface area contributed by atoms with Gasteiger partial charge in [-0.3, -0.25) is 19.2 Å². The second-order valence-electron chi connectivity index (χ2n) is 12.7. The number of phenolic OH excluding ortho intramolecular Hbond substituents is 1. The highest BCUT2D eigenvalue weighted by Crippen LogP contribution is 2.66. The van der Waals surface area contributed by atoms with Crippen LogP contribution >= 0.6 is 23.2 Å². The summed E-state index contributed by atoms with van der Waals surface area (Å²) in [5.74, 6) is -24.0. The van der Waals surface area contributed by atoms with Gasteiger partial charge in [-0.1, -0.05) is 48.0 Å². The van der Waals surface area contributed by atoms with Gasteiger partial charge in [-0.2, -0.15) is 4.90 Å². The average molecular weight is 765 g/mol. The molecule has 1 N–H and O–H groups in total. The Morgan fingerprint density at radius 2 is 1.52 bits per heavy atom. The van der Waals surface area contributed by atoms with Crippen LogP contribution in [-0.4, -0.2) is 56.6 Å². The molecule has 3 aromatic carbocycles. The van der Waals surface area contributed by atoms with Crippen LogP contribution in [0.1, 0.15) is 29.9 Å². The number of aromatic hydroxyl groups is 1. The molecule has 0 radical (unpaired) electrons. The zero-order chi connectivity index (χ0) is 37.6. The summed E-state index contributed by atoms with van der Waals surface area (Å²) < 4.78 is 83.7. The molecule has 0 aromatic heterocycles. The predicted octanol–water partition coefficient (Wildman–Crippen LogP) is 6.00. The normalized spacial score (nSPS) is 28.0. The lowest BCUT2D eigenvalue weighted by Gasteiger charge is -2.50. The number of hydrogen-bond donors (Lipinski definition) is 1. The van der Waals surface area contributed by atoms with Gasteiger partial charge >= 0.3 is 6.09 Å². The monoisotopic (exact) mass is 764 g/mol. The van der Waals surface area contributed by atoms with Gasteiger partial charge in [-0.05, 0) is 30.4 Å². The Labute approximate surface area is 300 Å². The molecule has 3 fully saturated rings. The maximum Gasteiger partial charge on any atom is 0.423 e. The fraction of sp³-hybridized carbons (Fsp3) is 0.286. The molecule has 2 heterocycles. The van der Waals surface area contributed by atoms with E-state index in [2.05, 4.69) is 4.74 Å². The number of nitrogens with zero attached hydrogens (tertiary/aromatic N) is 2. The molecule has 4 aliphatic rings. The smallest absolute Gasteiger partial charge is 0.423 e. The summed E-state index contributed by atoms with van der Waals surface area (Å²) in [6.45, 7) is 0.0697. The molecule has 2 aliphatic carbocycles. The third-order valence-electron chi connectivity index (χ3n) is 10.1. The van der Waals surface area contributed by atoms with Crippen LogP contribution in [0.2, 0.25) is 0 Å². The number of phenols is 1. The van der Waals surface area contributed by atoms with Gasteiger partial charge in [0.25, 0.3) is 11.8 Å². The van der Waals surface area contributed by atoms with Crippen LogP contribution in [0, 0.1) is 46.8 Å². The molecule has 0 spiro atoms. The van der Waals surface area contributed by atoms with Crippen LogP contribution in [0.3, 0.4) is 0 Å². The van der Waals surface area contributed by atoms with Crippen LogP contribution < -0.4 is 9.64 Å². The highest BCUT2D eigenvalue weighted by atomic mass is 35.5. The summed E-state index contributed by atoms with van der Waals surface area (Å²) in [5, 5.41) is 11.4. The number of hydrogen-bond acceptors (Lipinski definition) is 8. The van der Waals surface area contributed by atoms with Crippen molar-refractivity contribution in [1.29, 1.82) is 0 Å². The zero-order valence-corrected chi connectivity index (χ0v) is 28.0. The number of fused-ring (bicyclic) bond motifs is 4. The average Bonchev–Trinajstić information content (AvgIpc) is 3.47. The van der Waals surface area contributed by atoms with Crippen molar-refractivity contribution in [3.63, 3.8) is 0 Å². The molecule has 52 heavy (non-hydrogen) atoms. The van der Waals surface area contributed by atoms with E-state index in [0.717, 1.165) is 18.7 Å². The molecule has 17 heteroatoms. The Kier molecular flexibility index (Phi) is 8.37. The number of halogens is 7. The SMILES string of the molecule is COC(=O)N1C(=O)[C@H]2[C@H](CC=C3[C@H]2C[C@@]2(Cl)C(=O)N(c4c(F)c(F)c(F)c(F)c4F)C(=O)[C@@]2(Cl)[C@H]3c2ccc(OCc3ccccc3)cc2O)C1=O. The Bertz CT molecular complexity index is 2130. The fourth-order valence-corrected chi connectivity index (χ4v) is 8.71. The molecule has 3 aromatic rings. The topological polar surface area (TPSA) is 131 Å². The number of likely N-dealkylation sites (tertiary alicyclic amines) is 1. The summed E-state index contributed by atoms with van der Waals surface area (Å²) >= 11 is 14.1. The highest BCUT2D eigenvalue weighted by molar-refractivity contribution is 6.58. The van der Waals surface area contributed by atoms with E-state index in [4.69, 9.17) is 27.9 Å². The van der Waals surface area contributed by atoms with Crippen LogP contribution in [0.4, 0.5) is 32.4 Å². The zero-order valence-electron chi connectivity index (χ0n) is 26.5. The van der Waals surface area contributed by atoms with Crippen LogP contribution in [0.25, 0.3) is 0 Å². The number of methoxy groups -OCH3 is 1. The molecule has 2 aliphatic heterocycles. The van der Waals surface area contributed by atoms with Gasteiger partial charge in [0.2, 0.25) is 17.6 Å². The minimum absolute atomic E-state index is 0.0697. The molecule has 2 saturated heterocycles. The maximum atomic E-state index is 15.2. The van der Waals surface area contributed by atoms with Gasteiger partial charge in [0, 0.05) is 17.5 Å². The number of ether oxygens (including phenoxy) is 2. The van der Waals surface area contributed by atoms with Crippen molar-refractivity contribution in [3.8, 4) is 11.5 Å². The van der Waals surface area contributed by atoms with Crippen molar-refractivity contribution in [3.05, 3.63) is 100 Å². The molecule has 6 atom stereocenters. The van der Waals surface area contributed by atoms with Crippen LogP contribution in [0.15, 0.2) is 60.2 Å². The molecule has 5 amide bonds. The van der Waals surface area contributed by atoms with Crippen molar-refractivity contribution in [2.75, 3.05) is 12.0 Å². The van der Waals surface area contributed by atoms with Crippen LogP contribution in [-0.2, 0) is 30.5 Å². The second kappa shape index (κ2) is 12.3. The molecule has 270 valence electrons. The lowest BCUT2D eigenvalue weighted by Crippen LogP contribution is -2.60.